The minimum atomic E-state index is -2.01. The minimum Gasteiger partial charge on any atom is -0.456 e. The van der Waals surface area contributed by atoms with Gasteiger partial charge in [0.25, 0.3) is 0 Å². The molecule has 10 atom stereocenters. The van der Waals surface area contributed by atoms with E-state index in [4.69, 9.17) is 18.9 Å². The molecule has 2 aliphatic heterocycles. The summed E-state index contributed by atoms with van der Waals surface area (Å²) in [4.78, 5) is 13.1. The molecular weight excluding hydrogens is 496 g/mol. The molecule has 0 aromatic rings. The molecule has 2 saturated heterocycles. The largest absolute Gasteiger partial charge is 0.456 e. The second-order valence-corrected chi connectivity index (χ2v) is 11.7. The lowest BCUT2D eigenvalue weighted by molar-refractivity contribution is -0.375. The fraction of sp³-hybridized carbons (Fsp3) is 0.893. The van der Waals surface area contributed by atoms with Crippen molar-refractivity contribution in [1.29, 1.82) is 0 Å². The molecule has 0 aromatic carbocycles. The predicted octanol–water partition coefficient (Wildman–Crippen LogP) is 1.55. The molecule has 2 rings (SSSR count). The van der Waals surface area contributed by atoms with E-state index in [1.165, 1.54) is 14.2 Å². The van der Waals surface area contributed by atoms with E-state index in [0.717, 1.165) is 5.57 Å². The van der Waals surface area contributed by atoms with Gasteiger partial charge in [0, 0.05) is 51.6 Å². The molecule has 2 bridgehead atoms. The Morgan fingerprint density at radius 3 is 2.24 bits per heavy atom. The van der Waals surface area contributed by atoms with Crippen LogP contribution in [0.25, 0.3) is 0 Å². The van der Waals surface area contributed by atoms with Crippen molar-refractivity contribution in [3.8, 4) is 0 Å². The summed E-state index contributed by atoms with van der Waals surface area (Å²) in [6, 6.07) is 0. The van der Waals surface area contributed by atoms with Gasteiger partial charge < -0.3 is 44.5 Å². The van der Waals surface area contributed by atoms with E-state index in [-0.39, 0.29) is 50.2 Å². The maximum Gasteiger partial charge on any atom is 0.338 e. The van der Waals surface area contributed by atoms with Crippen molar-refractivity contribution in [3.63, 3.8) is 0 Å². The van der Waals surface area contributed by atoms with Crippen LogP contribution in [0.4, 0.5) is 0 Å². The quantitative estimate of drug-likeness (QED) is 0.235. The van der Waals surface area contributed by atoms with Gasteiger partial charge in [-0.2, -0.15) is 0 Å². The molecule has 222 valence electrons. The van der Waals surface area contributed by atoms with E-state index < -0.39 is 53.8 Å². The number of aliphatic hydroxyl groups excluding tert-OH is 4. The number of esters is 1. The monoisotopic (exact) mass is 546 g/mol. The molecule has 10 nitrogen and oxygen atoms in total. The van der Waals surface area contributed by atoms with Crippen LogP contribution < -0.4 is 0 Å². The summed E-state index contributed by atoms with van der Waals surface area (Å²) in [5, 5.41) is 53.9. The van der Waals surface area contributed by atoms with Gasteiger partial charge in [-0.25, -0.2) is 4.79 Å². The second kappa shape index (κ2) is 14.0. The molecule has 2 fully saturated rings. The smallest absolute Gasteiger partial charge is 0.338 e. The summed E-state index contributed by atoms with van der Waals surface area (Å²) in [5.41, 5.74) is -0.267. The molecule has 2 heterocycles. The Kier molecular flexibility index (Phi) is 12.2. The summed E-state index contributed by atoms with van der Waals surface area (Å²) < 4.78 is 22.9. The van der Waals surface area contributed by atoms with Crippen molar-refractivity contribution in [1.82, 2.24) is 0 Å². The first kappa shape index (κ1) is 33.1. The molecule has 38 heavy (non-hydrogen) atoms. The Balaban J connectivity index is 2.56. The van der Waals surface area contributed by atoms with Gasteiger partial charge in [0.2, 0.25) is 0 Å². The van der Waals surface area contributed by atoms with Gasteiger partial charge >= 0.3 is 5.97 Å². The van der Waals surface area contributed by atoms with Crippen LogP contribution in [-0.4, -0.2) is 101 Å². The van der Waals surface area contributed by atoms with Gasteiger partial charge in [-0.3, -0.25) is 0 Å². The van der Waals surface area contributed by atoms with E-state index >= 15 is 0 Å². The van der Waals surface area contributed by atoms with E-state index in [1.54, 1.807) is 0 Å². The first-order valence-corrected chi connectivity index (χ1v) is 13.7. The molecule has 0 aromatic heterocycles. The highest BCUT2D eigenvalue weighted by atomic mass is 16.7. The van der Waals surface area contributed by atoms with Crippen LogP contribution in [-0.2, 0) is 23.7 Å². The molecule has 5 N–H and O–H groups in total. The van der Waals surface area contributed by atoms with Crippen LogP contribution in [0.15, 0.2) is 11.6 Å². The second-order valence-electron chi connectivity index (χ2n) is 11.7. The van der Waals surface area contributed by atoms with Gasteiger partial charge in [0.1, 0.15) is 12.2 Å². The molecule has 1 unspecified atom stereocenters. The number of hydrogen-bond donors (Lipinski definition) is 5. The Morgan fingerprint density at radius 2 is 1.71 bits per heavy atom. The number of methoxy groups -OCH3 is 2. The Bertz CT molecular complexity index is 782. The number of aliphatic hydroxyl groups is 5. The van der Waals surface area contributed by atoms with E-state index in [1.807, 2.05) is 40.7 Å². The number of carbonyl (C=O) groups is 1. The van der Waals surface area contributed by atoms with Crippen molar-refractivity contribution in [2.75, 3.05) is 27.4 Å². The lowest BCUT2D eigenvalue weighted by Crippen LogP contribution is -2.67. The Morgan fingerprint density at radius 1 is 1.11 bits per heavy atom. The number of cyclic esters (lactones) is 1. The molecule has 2 aliphatic rings. The third kappa shape index (κ3) is 7.14. The Labute approximate surface area is 226 Å². The van der Waals surface area contributed by atoms with Crippen molar-refractivity contribution < 1.29 is 49.3 Å². The molecule has 0 saturated carbocycles. The zero-order valence-corrected chi connectivity index (χ0v) is 24.0. The van der Waals surface area contributed by atoms with Gasteiger partial charge in [-0.1, -0.05) is 33.8 Å². The van der Waals surface area contributed by atoms with Gasteiger partial charge in [-0.15, -0.1) is 0 Å². The first-order valence-electron chi connectivity index (χ1n) is 13.7. The summed E-state index contributed by atoms with van der Waals surface area (Å²) in [6.07, 6.45) is -2.65. The topological polar surface area (TPSA) is 155 Å². The van der Waals surface area contributed by atoms with Gasteiger partial charge in [0.15, 0.2) is 11.9 Å². The van der Waals surface area contributed by atoms with E-state index in [9.17, 15) is 30.3 Å². The number of hydrogen-bond acceptors (Lipinski definition) is 10. The number of rotatable bonds is 7. The van der Waals surface area contributed by atoms with Crippen molar-refractivity contribution >= 4 is 5.97 Å². The van der Waals surface area contributed by atoms with Gasteiger partial charge in [-0.05, 0) is 43.6 Å². The zero-order valence-electron chi connectivity index (χ0n) is 24.0. The third-order valence-corrected chi connectivity index (χ3v) is 8.96. The molecule has 0 amide bonds. The molecule has 0 radical (unpaired) electrons. The summed E-state index contributed by atoms with van der Waals surface area (Å²) in [7, 11) is 2.81. The average molecular weight is 547 g/mol. The summed E-state index contributed by atoms with van der Waals surface area (Å²) in [6.45, 7) is 9.06. The first-order chi connectivity index (χ1) is 17.8. The highest BCUT2D eigenvalue weighted by molar-refractivity contribution is 5.75. The summed E-state index contributed by atoms with van der Waals surface area (Å²) in [5.74, 6) is -3.58. The van der Waals surface area contributed by atoms with Crippen LogP contribution in [0.5, 0.6) is 0 Å². The fourth-order valence-corrected chi connectivity index (χ4v) is 5.69. The zero-order chi connectivity index (χ0) is 28.8. The maximum atomic E-state index is 13.1. The Hall–Kier alpha value is -1.11. The van der Waals surface area contributed by atoms with Crippen molar-refractivity contribution in [2.45, 2.75) is 109 Å². The lowest BCUT2D eigenvalue weighted by Gasteiger charge is -2.54. The van der Waals surface area contributed by atoms with Crippen LogP contribution in [0.1, 0.15) is 66.7 Å². The maximum absolute atomic E-state index is 13.1. The minimum absolute atomic E-state index is 0.0489. The van der Waals surface area contributed by atoms with Crippen LogP contribution in [0, 0.1) is 23.2 Å². The van der Waals surface area contributed by atoms with Crippen molar-refractivity contribution in [2.24, 2.45) is 23.2 Å². The van der Waals surface area contributed by atoms with Crippen LogP contribution in [0.3, 0.4) is 0 Å². The summed E-state index contributed by atoms with van der Waals surface area (Å²) >= 11 is 0. The van der Waals surface area contributed by atoms with Crippen molar-refractivity contribution in [3.05, 3.63) is 11.6 Å². The van der Waals surface area contributed by atoms with E-state index in [0.29, 0.717) is 12.8 Å². The van der Waals surface area contributed by atoms with E-state index in [2.05, 4.69) is 0 Å². The molecular formula is C28H50O10. The van der Waals surface area contributed by atoms with Crippen LogP contribution >= 0.6 is 0 Å². The fourth-order valence-electron chi connectivity index (χ4n) is 5.69. The normalized spacial score (nSPS) is 40.2. The molecule has 0 aliphatic carbocycles. The molecule has 10 heteroatoms. The number of ether oxygens (including phenoxy) is 4. The predicted molar refractivity (Wildman–Crippen MR) is 140 cm³/mol. The highest BCUT2D eigenvalue weighted by Gasteiger charge is 2.59. The number of carbonyl (C=O) groups excluding carboxylic acids is 1. The SMILES string of the molecule is CC[C@H](/C=C(/C)[C@@H]1C[C@@H](CO)CC(C)C(C)(C)[C@@]2(O)O[C@@H](C[C@@H](OC)[C@H](O)C(=O)O1)C[C@@H](OC)[C@H]2O)CO. The standard InChI is InChI=1S/C28H50O10/c1-8-18(14-29)9-16(2)21-11-19(15-30)10-17(3)27(4,5)28(34)25(32)23(36-7)13-20(38-28)12-22(35-6)24(31)26(33)37-21/h9,17-25,29-32,34H,8,10-15H2,1-7H3/b16-9-/t17?,18-,19+,20+,21+,22-,23-,24+,25-,28+/m1/s1. The van der Waals surface area contributed by atoms with Gasteiger partial charge in [0.05, 0.1) is 18.3 Å². The highest BCUT2D eigenvalue weighted by Crippen LogP contribution is 2.49. The molecule has 0 spiro atoms. The lowest BCUT2D eigenvalue weighted by atomic mass is 9.65. The third-order valence-electron chi connectivity index (χ3n) is 8.96. The van der Waals surface area contributed by atoms with Crippen LogP contribution in [0.2, 0.25) is 0 Å². The average Bonchev–Trinajstić information content (AvgIpc) is 2.89. The number of fused-ring (bicyclic) bond motifs is 2.